The van der Waals surface area contributed by atoms with Crippen LogP contribution in [0.15, 0.2) is 18.2 Å². The van der Waals surface area contributed by atoms with Gasteiger partial charge in [-0.25, -0.2) is 0 Å². The molecule has 2 aromatic rings. The van der Waals surface area contributed by atoms with Crippen LogP contribution in [0, 0.1) is 17.8 Å². The largest absolute Gasteiger partial charge is 0.381 e. The summed E-state index contributed by atoms with van der Waals surface area (Å²) in [6.45, 7) is 3.24. The average Bonchev–Trinajstić information content (AvgIpc) is 3.48. The molecular formula is C28H37N3O3. The van der Waals surface area contributed by atoms with E-state index in [2.05, 4.69) is 29.1 Å². The second kappa shape index (κ2) is 9.03. The van der Waals surface area contributed by atoms with E-state index in [4.69, 9.17) is 4.74 Å². The molecule has 182 valence electrons. The minimum atomic E-state index is 0.112. The van der Waals surface area contributed by atoms with Crippen LogP contribution in [0.25, 0.3) is 10.9 Å². The maximum Gasteiger partial charge on any atom is 0.253 e. The number of nitrogens with zero attached hydrogens (tertiary/aromatic N) is 2. The van der Waals surface area contributed by atoms with E-state index in [0.29, 0.717) is 19.0 Å². The van der Waals surface area contributed by atoms with Crippen molar-refractivity contribution in [1.29, 1.82) is 0 Å². The van der Waals surface area contributed by atoms with E-state index >= 15 is 0 Å². The second-order valence-electron chi connectivity index (χ2n) is 11.1. The van der Waals surface area contributed by atoms with Crippen LogP contribution in [-0.4, -0.2) is 53.6 Å². The topological polar surface area (TPSA) is 63.6 Å². The molecule has 6 rings (SSSR count). The summed E-state index contributed by atoms with van der Waals surface area (Å²) in [6, 6.07) is 6.69. The Bertz CT molecular complexity index is 1100. The Morgan fingerprint density at radius 2 is 1.88 bits per heavy atom. The minimum absolute atomic E-state index is 0.112. The molecule has 3 heterocycles. The number of aromatic nitrogens is 1. The van der Waals surface area contributed by atoms with E-state index in [0.717, 1.165) is 69.3 Å². The van der Waals surface area contributed by atoms with Crippen molar-refractivity contribution in [3.63, 3.8) is 0 Å². The standard InChI is InChI=1S/C28H37N3O3/c1-30-25-6-2-20(19-9-12-34-13-10-19)15-23(25)24-16-21(3-7-26(24)30)28(33)31-11-8-18(17-31)14-27(32)29-22-4-5-22/h3,7,16,18-20,22H,2,4-6,8-15,17H2,1H3,(H,29,32)/t18-,20?/m1/s1. The average molecular weight is 464 g/mol. The maximum atomic E-state index is 13.4. The number of hydrogen-bond donors (Lipinski definition) is 1. The highest BCUT2D eigenvalue weighted by atomic mass is 16.5. The van der Waals surface area contributed by atoms with E-state index in [1.807, 2.05) is 11.0 Å². The number of amides is 2. The first-order chi connectivity index (χ1) is 16.6. The zero-order valence-corrected chi connectivity index (χ0v) is 20.4. The van der Waals surface area contributed by atoms with Gasteiger partial charge in [0.05, 0.1) is 0 Å². The number of rotatable bonds is 5. The van der Waals surface area contributed by atoms with Gasteiger partial charge in [-0.15, -0.1) is 0 Å². The van der Waals surface area contributed by atoms with E-state index in [9.17, 15) is 9.59 Å². The molecule has 0 bridgehead atoms. The van der Waals surface area contributed by atoms with Crippen LogP contribution in [0.2, 0.25) is 0 Å². The summed E-state index contributed by atoms with van der Waals surface area (Å²) in [5, 5.41) is 4.35. The molecule has 3 fully saturated rings. The van der Waals surface area contributed by atoms with E-state index < -0.39 is 0 Å². The summed E-state index contributed by atoms with van der Waals surface area (Å²) in [5.41, 5.74) is 4.94. The monoisotopic (exact) mass is 463 g/mol. The first kappa shape index (κ1) is 22.1. The molecule has 1 aromatic heterocycles. The number of carbonyl (C=O) groups excluding carboxylic acids is 2. The summed E-state index contributed by atoms with van der Waals surface area (Å²) < 4.78 is 7.96. The quantitative estimate of drug-likeness (QED) is 0.733. The summed E-state index contributed by atoms with van der Waals surface area (Å²) in [4.78, 5) is 27.6. The molecule has 0 spiro atoms. The molecule has 2 saturated heterocycles. The van der Waals surface area contributed by atoms with Crippen LogP contribution in [-0.2, 0) is 29.4 Å². The molecule has 1 unspecified atom stereocenters. The van der Waals surface area contributed by atoms with Gasteiger partial charge in [0.25, 0.3) is 5.91 Å². The van der Waals surface area contributed by atoms with Crippen LogP contribution >= 0.6 is 0 Å². The molecule has 4 aliphatic rings. The molecule has 1 saturated carbocycles. The van der Waals surface area contributed by atoms with Crippen LogP contribution < -0.4 is 5.32 Å². The normalized spacial score (nSPS) is 25.5. The number of hydrogen-bond acceptors (Lipinski definition) is 3. The molecule has 1 N–H and O–H groups in total. The number of nitrogens with one attached hydrogen (secondary N) is 1. The molecule has 6 heteroatoms. The van der Waals surface area contributed by atoms with Gasteiger partial charge in [-0.1, -0.05) is 0 Å². The predicted octanol–water partition coefficient (Wildman–Crippen LogP) is 3.84. The molecule has 2 amide bonds. The van der Waals surface area contributed by atoms with Gasteiger partial charge >= 0.3 is 0 Å². The fourth-order valence-corrected chi connectivity index (χ4v) is 6.67. The summed E-state index contributed by atoms with van der Waals surface area (Å²) in [6.07, 6.45) is 9.56. The van der Waals surface area contributed by atoms with Crippen molar-refractivity contribution < 1.29 is 14.3 Å². The highest BCUT2D eigenvalue weighted by molar-refractivity contribution is 5.99. The molecule has 1 aromatic carbocycles. The SMILES string of the molecule is Cn1c2c(c3cc(C(=O)N4CC[C@H](CC(=O)NC5CC5)C4)ccc31)CC(C1CCOCC1)CC2. The van der Waals surface area contributed by atoms with Crippen LogP contribution in [0.4, 0.5) is 0 Å². The predicted molar refractivity (Wildman–Crippen MR) is 132 cm³/mol. The number of fused-ring (bicyclic) bond motifs is 3. The van der Waals surface area contributed by atoms with Crippen molar-refractivity contribution in [1.82, 2.24) is 14.8 Å². The van der Waals surface area contributed by atoms with Gasteiger partial charge in [-0.05, 0) is 92.9 Å². The van der Waals surface area contributed by atoms with Crippen molar-refractivity contribution >= 4 is 22.7 Å². The van der Waals surface area contributed by atoms with E-state index in [1.54, 1.807) is 0 Å². The van der Waals surface area contributed by atoms with Crippen molar-refractivity contribution in [3.8, 4) is 0 Å². The molecule has 6 nitrogen and oxygen atoms in total. The van der Waals surface area contributed by atoms with Gasteiger partial charge in [-0.2, -0.15) is 0 Å². The lowest BCUT2D eigenvalue weighted by molar-refractivity contribution is -0.122. The third-order valence-corrected chi connectivity index (χ3v) is 8.82. The van der Waals surface area contributed by atoms with Crippen molar-refractivity contribution in [2.45, 2.75) is 63.8 Å². The van der Waals surface area contributed by atoms with Crippen LogP contribution in [0.3, 0.4) is 0 Å². The highest BCUT2D eigenvalue weighted by Gasteiger charge is 2.33. The van der Waals surface area contributed by atoms with Gasteiger partial charge < -0.3 is 19.5 Å². The van der Waals surface area contributed by atoms with Gasteiger partial charge in [0.15, 0.2) is 0 Å². The summed E-state index contributed by atoms with van der Waals surface area (Å²) in [5.74, 6) is 2.03. The Morgan fingerprint density at radius 3 is 2.68 bits per heavy atom. The zero-order chi connectivity index (χ0) is 23.2. The third kappa shape index (κ3) is 4.26. The second-order valence-corrected chi connectivity index (χ2v) is 11.1. The van der Waals surface area contributed by atoms with E-state index in [-0.39, 0.29) is 17.7 Å². The van der Waals surface area contributed by atoms with Crippen molar-refractivity contribution in [2.75, 3.05) is 26.3 Å². The van der Waals surface area contributed by atoms with Crippen LogP contribution in [0.5, 0.6) is 0 Å². The molecule has 2 atom stereocenters. The fraction of sp³-hybridized carbons (Fsp3) is 0.643. The molecule has 2 aliphatic heterocycles. The molecular weight excluding hydrogens is 426 g/mol. The van der Waals surface area contributed by atoms with Gasteiger partial charge in [0, 0.05) is 68.0 Å². The Hall–Kier alpha value is -2.34. The lowest BCUT2D eigenvalue weighted by Crippen LogP contribution is -2.31. The number of benzene rings is 1. The van der Waals surface area contributed by atoms with Crippen molar-refractivity contribution in [2.24, 2.45) is 24.8 Å². The highest BCUT2D eigenvalue weighted by Crippen LogP contribution is 2.39. The maximum absolute atomic E-state index is 13.4. The van der Waals surface area contributed by atoms with Crippen molar-refractivity contribution in [3.05, 3.63) is 35.0 Å². The first-order valence-corrected chi connectivity index (χ1v) is 13.3. The lowest BCUT2D eigenvalue weighted by Gasteiger charge is -2.33. The fourth-order valence-electron chi connectivity index (χ4n) is 6.67. The Kier molecular flexibility index (Phi) is 5.88. The van der Waals surface area contributed by atoms with Crippen LogP contribution in [0.1, 0.15) is 66.6 Å². The summed E-state index contributed by atoms with van der Waals surface area (Å²) >= 11 is 0. The van der Waals surface area contributed by atoms with Gasteiger partial charge in [-0.3, -0.25) is 9.59 Å². The Labute approximate surface area is 202 Å². The summed E-state index contributed by atoms with van der Waals surface area (Å²) in [7, 11) is 2.18. The van der Waals surface area contributed by atoms with Gasteiger partial charge in [0.1, 0.15) is 0 Å². The Morgan fingerprint density at radius 1 is 1.06 bits per heavy atom. The number of carbonyl (C=O) groups is 2. The number of ether oxygens (including phenoxy) is 1. The first-order valence-electron chi connectivity index (χ1n) is 13.3. The Balaban J connectivity index is 1.18. The third-order valence-electron chi connectivity index (χ3n) is 8.82. The van der Waals surface area contributed by atoms with E-state index in [1.165, 1.54) is 41.4 Å². The smallest absolute Gasteiger partial charge is 0.253 e. The zero-order valence-electron chi connectivity index (χ0n) is 20.4. The minimum Gasteiger partial charge on any atom is -0.381 e. The van der Waals surface area contributed by atoms with Gasteiger partial charge in [0.2, 0.25) is 5.91 Å². The molecule has 2 aliphatic carbocycles. The number of likely N-dealkylation sites (tertiary alicyclic amines) is 1. The number of aryl methyl sites for hydroxylation is 1. The molecule has 0 radical (unpaired) electrons. The molecule has 34 heavy (non-hydrogen) atoms. The lowest BCUT2D eigenvalue weighted by atomic mass is 9.75.